The van der Waals surface area contributed by atoms with Crippen LogP contribution in [0.2, 0.25) is 0 Å². The molecule has 3 rings (SSSR count). The maximum absolute atomic E-state index is 13.1. The first-order chi connectivity index (χ1) is 14.0. The summed E-state index contributed by atoms with van der Waals surface area (Å²) in [6.45, 7) is 5.20. The molecule has 1 heterocycles. The van der Waals surface area contributed by atoms with E-state index in [4.69, 9.17) is 10.5 Å². The summed E-state index contributed by atoms with van der Waals surface area (Å²) in [6, 6.07) is 14.6. The van der Waals surface area contributed by atoms with Gasteiger partial charge in [0.15, 0.2) is 5.96 Å². The van der Waals surface area contributed by atoms with E-state index < -0.39 is 0 Å². The molecular formula is C22H30FN5O. The molecule has 0 aliphatic carbocycles. The van der Waals surface area contributed by atoms with Crippen molar-refractivity contribution in [1.82, 2.24) is 9.80 Å². The molecule has 1 aliphatic rings. The molecule has 0 unspecified atom stereocenters. The molecule has 0 spiro atoms. The van der Waals surface area contributed by atoms with Gasteiger partial charge in [0.2, 0.25) is 0 Å². The van der Waals surface area contributed by atoms with Crippen LogP contribution in [-0.4, -0.2) is 69.2 Å². The van der Waals surface area contributed by atoms with Gasteiger partial charge >= 0.3 is 0 Å². The van der Waals surface area contributed by atoms with Crippen LogP contribution < -0.4 is 15.4 Å². The van der Waals surface area contributed by atoms with E-state index in [0.717, 1.165) is 49.7 Å². The van der Waals surface area contributed by atoms with E-state index in [9.17, 15) is 4.39 Å². The number of piperazine rings is 1. The fraction of sp³-hybridized carbons (Fsp3) is 0.409. The fourth-order valence-electron chi connectivity index (χ4n) is 3.23. The van der Waals surface area contributed by atoms with Gasteiger partial charge in [-0.3, -0.25) is 0 Å². The van der Waals surface area contributed by atoms with Gasteiger partial charge in [-0.1, -0.05) is 18.2 Å². The zero-order chi connectivity index (χ0) is 20.6. The molecule has 0 bridgehead atoms. The average Bonchev–Trinajstić information content (AvgIpc) is 2.73. The van der Waals surface area contributed by atoms with Crippen LogP contribution >= 0.6 is 0 Å². The number of likely N-dealkylation sites (N-methyl/N-ethyl adjacent to an activating group) is 1. The molecule has 1 saturated heterocycles. The Labute approximate surface area is 172 Å². The average molecular weight is 400 g/mol. The Morgan fingerprint density at radius 1 is 1.07 bits per heavy atom. The number of halogens is 1. The first-order valence-corrected chi connectivity index (χ1v) is 9.94. The Morgan fingerprint density at radius 3 is 2.45 bits per heavy atom. The number of aliphatic imine (C=N–C) groups is 1. The van der Waals surface area contributed by atoms with Crippen molar-refractivity contribution in [2.75, 3.05) is 58.3 Å². The summed E-state index contributed by atoms with van der Waals surface area (Å²) in [6.07, 6.45) is 0. The second kappa shape index (κ2) is 10.1. The van der Waals surface area contributed by atoms with Crippen LogP contribution in [0.4, 0.5) is 10.1 Å². The standard InChI is InChI=1S/C22H30FN5O/c1-26(2)15-16-29-21-6-4-3-5-18(21)17-25-22(24)28-13-11-27(12-14-28)20-9-7-19(23)8-10-20/h3-10H,11-17H2,1-2H3,(H2,24,25). The van der Waals surface area contributed by atoms with Crippen molar-refractivity contribution >= 4 is 11.6 Å². The molecule has 2 aromatic carbocycles. The predicted molar refractivity (Wildman–Crippen MR) is 116 cm³/mol. The highest BCUT2D eigenvalue weighted by atomic mass is 19.1. The third kappa shape index (κ3) is 6.09. The number of anilines is 1. The van der Waals surface area contributed by atoms with E-state index in [1.807, 2.05) is 50.5 Å². The van der Waals surface area contributed by atoms with Gasteiger partial charge in [0.1, 0.15) is 18.2 Å². The van der Waals surface area contributed by atoms with Crippen LogP contribution in [-0.2, 0) is 6.54 Å². The SMILES string of the molecule is CN(C)CCOc1ccccc1CN=C(N)N1CCN(c2ccc(F)cc2)CC1. The van der Waals surface area contributed by atoms with Crippen LogP contribution in [0.3, 0.4) is 0 Å². The predicted octanol–water partition coefficient (Wildman–Crippen LogP) is 2.40. The number of benzene rings is 2. The molecule has 29 heavy (non-hydrogen) atoms. The number of nitrogens with zero attached hydrogens (tertiary/aromatic N) is 4. The lowest BCUT2D eigenvalue weighted by atomic mass is 10.2. The lowest BCUT2D eigenvalue weighted by Gasteiger charge is -2.36. The Morgan fingerprint density at radius 2 is 1.76 bits per heavy atom. The quantitative estimate of drug-likeness (QED) is 0.572. The van der Waals surface area contributed by atoms with E-state index in [0.29, 0.717) is 19.1 Å². The third-order valence-corrected chi connectivity index (χ3v) is 4.98. The second-order valence-corrected chi connectivity index (χ2v) is 7.38. The van der Waals surface area contributed by atoms with Crippen molar-refractivity contribution in [3.05, 3.63) is 59.9 Å². The number of ether oxygens (including phenoxy) is 1. The van der Waals surface area contributed by atoms with Crippen molar-refractivity contribution in [1.29, 1.82) is 0 Å². The first-order valence-electron chi connectivity index (χ1n) is 9.94. The maximum Gasteiger partial charge on any atom is 0.191 e. The minimum atomic E-state index is -0.213. The topological polar surface area (TPSA) is 57.3 Å². The minimum Gasteiger partial charge on any atom is -0.492 e. The molecule has 0 saturated carbocycles. The zero-order valence-corrected chi connectivity index (χ0v) is 17.2. The van der Waals surface area contributed by atoms with Gasteiger partial charge < -0.3 is 25.2 Å². The van der Waals surface area contributed by atoms with E-state index >= 15 is 0 Å². The fourth-order valence-corrected chi connectivity index (χ4v) is 3.23. The molecule has 0 aromatic heterocycles. The van der Waals surface area contributed by atoms with Gasteiger partial charge in [-0.2, -0.15) is 0 Å². The summed E-state index contributed by atoms with van der Waals surface area (Å²) >= 11 is 0. The summed E-state index contributed by atoms with van der Waals surface area (Å²) in [5.74, 6) is 1.19. The van der Waals surface area contributed by atoms with Crippen molar-refractivity contribution < 1.29 is 9.13 Å². The Balaban J connectivity index is 1.54. The molecular weight excluding hydrogens is 369 g/mol. The number of rotatable bonds is 7. The van der Waals surface area contributed by atoms with Gasteiger partial charge in [-0.25, -0.2) is 9.38 Å². The van der Waals surface area contributed by atoms with E-state index in [2.05, 4.69) is 19.7 Å². The highest BCUT2D eigenvalue weighted by Gasteiger charge is 2.18. The minimum absolute atomic E-state index is 0.213. The normalized spacial score (nSPS) is 15.1. The summed E-state index contributed by atoms with van der Waals surface area (Å²) in [4.78, 5) is 11.0. The number of guanidine groups is 1. The van der Waals surface area contributed by atoms with Crippen LogP contribution in [0.15, 0.2) is 53.5 Å². The second-order valence-electron chi connectivity index (χ2n) is 7.38. The van der Waals surface area contributed by atoms with Crippen molar-refractivity contribution in [2.24, 2.45) is 10.7 Å². The monoisotopic (exact) mass is 399 g/mol. The zero-order valence-electron chi connectivity index (χ0n) is 17.2. The van der Waals surface area contributed by atoms with E-state index in [1.54, 1.807) is 0 Å². The van der Waals surface area contributed by atoms with Crippen molar-refractivity contribution in [2.45, 2.75) is 6.54 Å². The molecule has 7 heteroatoms. The van der Waals surface area contributed by atoms with Crippen molar-refractivity contribution in [3.63, 3.8) is 0 Å². The van der Waals surface area contributed by atoms with Gasteiger partial charge in [-0.15, -0.1) is 0 Å². The summed E-state index contributed by atoms with van der Waals surface area (Å²) < 4.78 is 19.0. The van der Waals surface area contributed by atoms with Crippen LogP contribution in [0.1, 0.15) is 5.56 Å². The molecule has 1 fully saturated rings. The highest BCUT2D eigenvalue weighted by Crippen LogP contribution is 2.20. The molecule has 0 radical (unpaired) electrons. The molecule has 0 amide bonds. The highest BCUT2D eigenvalue weighted by molar-refractivity contribution is 5.78. The molecule has 1 aliphatic heterocycles. The molecule has 0 atom stereocenters. The smallest absolute Gasteiger partial charge is 0.191 e. The largest absolute Gasteiger partial charge is 0.492 e. The van der Waals surface area contributed by atoms with Crippen LogP contribution in [0.5, 0.6) is 5.75 Å². The van der Waals surface area contributed by atoms with Crippen molar-refractivity contribution in [3.8, 4) is 5.75 Å². The van der Waals surface area contributed by atoms with E-state index in [1.165, 1.54) is 12.1 Å². The van der Waals surface area contributed by atoms with Gasteiger partial charge in [0, 0.05) is 44.0 Å². The summed E-state index contributed by atoms with van der Waals surface area (Å²) in [5.41, 5.74) is 8.31. The summed E-state index contributed by atoms with van der Waals surface area (Å²) in [7, 11) is 4.05. The van der Waals surface area contributed by atoms with Gasteiger partial charge in [-0.05, 0) is 44.4 Å². The Bertz CT molecular complexity index is 801. The number of hydrogen-bond acceptors (Lipinski definition) is 4. The molecule has 2 N–H and O–H groups in total. The lowest BCUT2D eigenvalue weighted by molar-refractivity contribution is 0.259. The molecule has 2 aromatic rings. The third-order valence-electron chi connectivity index (χ3n) is 4.98. The maximum atomic E-state index is 13.1. The first kappa shape index (κ1) is 20.9. The van der Waals surface area contributed by atoms with Gasteiger partial charge in [0.05, 0.1) is 6.54 Å². The van der Waals surface area contributed by atoms with E-state index in [-0.39, 0.29) is 5.82 Å². The number of nitrogens with two attached hydrogens (primary N) is 1. The van der Waals surface area contributed by atoms with Crippen LogP contribution in [0.25, 0.3) is 0 Å². The number of para-hydroxylation sites is 1. The van der Waals surface area contributed by atoms with Crippen LogP contribution in [0, 0.1) is 5.82 Å². The molecule has 6 nitrogen and oxygen atoms in total. The Hall–Kier alpha value is -2.80. The Kier molecular flexibility index (Phi) is 7.30. The summed E-state index contributed by atoms with van der Waals surface area (Å²) in [5, 5.41) is 0. The number of hydrogen-bond donors (Lipinski definition) is 1. The lowest BCUT2D eigenvalue weighted by Crippen LogP contribution is -2.51. The van der Waals surface area contributed by atoms with Gasteiger partial charge in [0.25, 0.3) is 0 Å². The molecule has 156 valence electrons.